The molecule has 2 N–H and O–H groups in total. The molecule has 0 spiro atoms. The molecule has 8 heteroatoms. The molecule has 0 fully saturated rings. The summed E-state index contributed by atoms with van der Waals surface area (Å²) in [5.74, 6) is -1.05. The van der Waals surface area contributed by atoms with Gasteiger partial charge in [0.25, 0.3) is 0 Å². The monoisotopic (exact) mass is 270 g/mol. The van der Waals surface area contributed by atoms with Crippen LogP contribution in [0.15, 0.2) is 6.20 Å². The number of amides is 1. The lowest BCUT2D eigenvalue weighted by Gasteiger charge is -2.22. The van der Waals surface area contributed by atoms with E-state index in [0.29, 0.717) is 5.69 Å². The highest BCUT2D eigenvalue weighted by atomic mass is 16.6. The van der Waals surface area contributed by atoms with Crippen molar-refractivity contribution in [2.24, 2.45) is 7.05 Å². The van der Waals surface area contributed by atoms with Crippen LogP contribution in [0, 0.1) is 0 Å². The minimum absolute atomic E-state index is 0.294. The molecule has 1 aromatic rings. The summed E-state index contributed by atoms with van der Waals surface area (Å²) >= 11 is 0. The Labute approximate surface area is 110 Å². The summed E-state index contributed by atoms with van der Waals surface area (Å²) in [5, 5.41) is 18.8. The SMILES string of the molecule is Cn1cc([C@H](CC(=O)O)NC(=O)OC(C)(C)C)nn1. The third kappa shape index (κ3) is 5.36. The third-order valence-corrected chi connectivity index (χ3v) is 2.05. The van der Waals surface area contributed by atoms with E-state index >= 15 is 0 Å². The van der Waals surface area contributed by atoms with Gasteiger partial charge in [0, 0.05) is 7.05 Å². The van der Waals surface area contributed by atoms with Gasteiger partial charge in [-0.2, -0.15) is 0 Å². The van der Waals surface area contributed by atoms with Crippen molar-refractivity contribution in [3.8, 4) is 0 Å². The topological polar surface area (TPSA) is 106 Å². The lowest BCUT2D eigenvalue weighted by molar-refractivity contribution is -0.137. The zero-order chi connectivity index (χ0) is 14.6. The summed E-state index contributed by atoms with van der Waals surface area (Å²) in [5.41, 5.74) is -0.281. The molecule has 0 aliphatic carbocycles. The van der Waals surface area contributed by atoms with E-state index in [1.807, 2.05) is 0 Å². The van der Waals surface area contributed by atoms with E-state index < -0.39 is 23.7 Å². The Bertz CT molecular complexity index is 464. The predicted octanol–water partition coefficient (Wildman–Crippen LogP) is 0.856. The average Bonchev–Trinajstić information content (AvgIpc) is 2.60. The summed E-state index contributed by atoms with van der Waals surface area (Å²) in [7, 11) is 1.65. The van der Waals surface area contributed by atoms with Crippen molar-refractivity contribution in [1.82, 2.24) is 20.3 Å². The number of aryl methyl sites for hydroxylation is 1. The van der Waals surface area contributed by atoms with E-state index in [9.17, 15) is 9.59 Å². The molecule has 0 bridgehead atoms. The van der Waals surface area contributed by atoms with Crippen LogP contribution in [-0.4, -0.2) is 37.8 Å². The van der Waals surface area contributed by atoms with Crippen LogP contribution in [0.5, 0.6) is 0 Å². The number of carbonyl (C=O) groups excluding carboxylic acids is 1. The molecule has 0 aromatic carbocycles. The molecule has 1 heterocycles. The van der Waals surface area contributed by atoms with Gasteiger partial charge in [0.2, 0.25) is 0 Å². The third-order valence-electron chi connectivity index (χ3n) is 2.05. The van der Waals surface area contributed by atoms with Gasteiger partial charge in [-0.15, -0.1) is 5.10 Å². The van der Waals surface area contributed by atoms with Crippen molar-refractivity contribution in [3.63, 3.8) is 0 Å². The molecule has 0 saturated heterocycles. The maximum absolute atomic E-state index is 11.6. The van der Waals surface area contributed by atoms with E-state index in [2.05, 4.69) is 15.6 Å². The van der Waals surface area contributed by atoms with E-state index in [1.165, 1.54) is 4.68 Å². The Morgan fingerprint density at radius 2 is 2.16 bits per heavy atom. The Balaban J connectivity index is 2.76. The fraction of sp³-hybridized carbons (Fsp3) is 0.636. The summed E-state index contributed by atoms with van der Waals surface area (Å²) < 4.78 is 6.51. The molecular formula is C11H18N4O4. The van der Waals surface area contributed by atoms with Gasteiger partial charge in [-0.3, -0.25) is 9.48 Å². The maximum atomic E-state index is 11.6. The van der Waals surface area contributed by atoms with Gasteiger partial charge in [-0.05, 0) is 20.8 Å². The van der Waals surface area contributed by atoms with Crippen LogP contribution in [0.2, 0.25) is 0 Å². The standard InChI is InChI=1S/C11H18N4O4/c1-11(2,3)19-10(18)12-7(5-9(16)17)8-6-15(4)14-13-8/h6-7H,5H2,1-4H3,(H,12,18)(H,16,17)/t7-/m0/s1. The first-order chi connectivity index (χ1) is 8.67. The number of carbonyl (C=O) groups is 2. The van der Waals surface area contributed by atoms with Crippen molar-refractivity contribution in [3.05, 3.63) is 11.9 Å². The first kappa shape index (κ1) is 14.9. The fourth-order valence-corrected chi connectivity index (χ4v) is 1.38. The van der Waals surface area contributed by atoms with Gasteiger partial charge in [-0.25, -0.2) is 4.79 Å². The second-order valence-electron chi connectivity index (χ2n) is 5.11. The number of alkyl carbamates (subject to hydrolysis) is 1. The minimum atomic E-state index is -1.05. The molecule has 1 amide bonds. The number of carboxylic acid groups (broad SMARTS) is 1. The molecule has 106 valence electrons. The maximum Gasteiger partial charge on any atom is 0.408 e. The molecule has 0 radical (unpaired) electrons. The van der Waals surface area contributed by atoms with Crippen LogP contribution in [-0.2, 0) is 16.6 Å². The number of ether oxygens (including phenoxy) is 1. The highest BCUT2D eigenvalue weighted by molar-refractivity contribution is 5.71. The molecule has 1 rings (SSSR count). The van der Waals surface area contributed by atoms with Gasteiger partial charge in [-0.1, -0.05) is 5.21 Å². The molecule has 0 unspecified atom stereocenters. The van der Waals surface area contributed by atoms with Crippen molar-refractivity contribution in [1.29, 1.82) is 0 Å². The Kier molecular flexibility index (Phi) is 4.47. The summed E-state index contributed by atoms with van der Waals surface area (Å²) in [4.78, 5) is 22.5. The molecule has 19 heavy (non-hydrogen) atoms. The first-order valence-corrected chi connectivity index (χ1v) is 5.75. The zero-order valence-corrected chi connectivity index (χ0v) is 11.4. The van der Waals surface area contributed by atoms with Gasteiger partial charge in [0.05, 0.1) is 18.7 Å². The van der Waals surface area contributed by atoms with E-state index in [4.69, 9.17) is 9.84 Å². The lowest BCUT2D eigenvalue weighted by Crippen LogP contribution is -2.36. The summed E-state index contributed by atoms with van der Waals surface area (Å²) in [6, 6.07) is -0.777. The van der Waals surface area contributed by atoms with Crippen molar-refractivity contribution >= 4 is 12.1 Å². The first-order valence-electron chi connectivity index (χ1n) is 5.75. The minimum Gasteiger partial charge on any atom is -0.481 e. The normalized spacial score (nSPS) is 12.8. The number of aliphatic carboxylic acids is 1. The van der Waals surface area contributed by atoms with E-state index in [-0.39, 0.29) is 6.42 Å². The second-order valence-corrected chi connectivity index (χ2v) is 5.11. The van der Waals surface area contributed by atoms with Crippen LogP contribution in [0.25, 0.3) is 0 Å². The number of rotatable bonds is 4. The Hall–Kier alpha value is -2.12. The van der Waals surface area contributed by atoms with Crippen LogP contribution >= 0.6 is 0 Å². The average molecular weight is 270 g/mol. The molecule has 0 saturated carbocycles. The Morgan fingerprint density at radius 3 is 2.58 bits per heavy atom. The molecule has 0 aliphatic heterocycles. The van der Waals surface area contributed by atoms with Gasteiger partial charge < -0.3 is 15.2 Å². The van der Waals surface area contributed by atoms with Gasteiger partial charge >= 0.3 is 12.1 Å². The van der Waals surface area contributed by atoms with Crippen molar-refractivity contribution in [2.45, 2.75) is 38.8 Å². The van der Waals surface area contributed by atoms with E-state index in [1.54, 1.807) is 34.0 Å². The van der Waals surface area contributed by atoms with Crippen LogP contribution in [0.4, 0.5) is 4.79 Å². The van der Waals surface area contributed by atoms with Crippen molar-refractivity contribution in [2.75, 3.05) is 0 Å². The molecular weight excluding hydrogens is 252 g/mol. The highest BCUT2D eigenvalue weighted by Gasteiger charge is 2.24. The number of hydrogen-bond donors (Lipinski definition) is 2. The second kappa shape index (κ2) is 5.68. The molecule has 1 atom stereocenters. The molecule has 0 aliphatic rings. The number of hydrogen-bond acceptors (Lipinski definition) is 5. The quantitative estimate of drug-likeness (QED) is 0.840. The van der Waals surface area contributed by atoms with E-state index in [0.717, 1.165) is 0 Å². The number of nitrogens with zero attached hydrogens (tertiary/aromatic N) is 3. The summed E-state index contributed by atoms with van der Waals surface area (Å²) in [6.07, 6.45) is 0.563. The highest BCUT2D eigenvalue weighted by Crippen LogP contribution is 2.15. The summed E-state index contributed by atoms with van der Waals surface area (Å²) in [6.45, 7) is 5.17. The van der Waals surface area contributed by atoms with Crippen molar-refractivity contribution < 1.29 is 19.4 Å². The van der Waals surface area contributed by atoms with Crippen LogP contribution in [0.1, 0.15) is 38.9 Å². The smallest absolute Gasteiger partial charge is 0.408 e. The number of carboxylic acids is 1. The number of aromatic nitrogens is 3. The van der Waals surface area contributed by atoms with Gasteiger partial charge in [0.1, 0.15) is 11.3 Å². The number of nitrogens with one attached hydrogen (secondary N) is 1. The lowest BCUT2D eigenvalue weighted by atomic mass is 10.1. The zero-order valence-electron chi connectivity index (χ0n) is 11.4. The van der Waals surface area contributed by atoms with Crippen LogP contribution in [0.3, 0.4) is 0 Å². The van der Waals surface area contributed by atoms with Gasteiger partial charge in [0.15, 0.2) is 0 Å². The largest absolute Gasteiger partial charge is 0.481 e. The molecule has 1 aromatic heterocycles. The fourth-order valence-electron chi connectivity index (χ4n) is 1.38. The Morgan fingerprint density at radius 1 is 1.53 bits per heavy atom. The predicted molar refractivity (Wildman–Crippen MR) is 65.4 cm³/mol. The van der Waals surface area contributed by atoms with Crippen LogP contribution < -0.4 is 5.32 Å². The molecule has 8 nitrogen and oxygen atoms in total.